The molecule has 104 valence electrons. The number of aromatic nitrogens is 1. The number of anilines is 1. The van der Waals surface area contributed by atoms with Gasteiger partial charge in [0.1, 0.15) is 17.7 Å². The topological polar surface area (TPSA) is 72.5 Å². The molecule has 0 bridgehead atoms. The van der Waals surface area contributed by atoms with Gasteiger partial charge < -0.3 is 5.32 Å². The number of hydrogen-bond acceptors (Lipinski definition) is 5. The van der Waals surface area contributed by atoms with E-state index in [4.69, 9.17) is 33.7 Å². The van der Waals surface area contributed by atoms with Gasteiger partial charge in [-0.25, -0.2) is 4.98 Å². The first-order chi connectivity index (χ1) is 10.1. The second-order valence-corrected chi connectivity index (χ2v) is 5.93. The fourth-order valence-electron chi connectivity index (χ4n) is 1.55. The van der Waals surface area contributed by atoms with Gasteiger partial charge in [0.2, 0.25) is 0 Å². The second-order valence-electron chi connectivity index (χ2n) is 3.97. The van der Waals surface area contributed by atoms with Gasteiger partial charge in [-0.15, -0.1) is 11.3 Å². The molecule has 0 radical (unpaired) electrons. The molecule has 0 unspecified atom stereocenters. The number of halogens is 2. The molecular weight excluding hydrogens is 327 g/mol. The third-order valence-electron chi connectivity index (χ3n) is 2.51. The van der Waals surface area contributed by atoms with Crippen LogP contribution >= 0.6 is 34.5 Å². The zero-order valence-electron chi connectivity index (χ0n) is 10.6. The third-order valence-corrected chi connectivity index (χ3v) is 4.04. The summed E-state index contributed by atoms with van der Waals surface area (Å²) in [5.41, 5.74) is 0.911. The maximum absolute atomic E-state index is 8.64. The SMILES string of the molecule is N#CC(C#N)=CNc1ncc(Cc2cc(Cl)ccc2Cl)s1. The first-order valence-corrected chi connectivity index (χ1v) is 7.35. The van der Waals surface area contributed by atoms with Crippen molar-refractivity contribution >= 4 is 39.7 Å². The lowest BCUT2D eigenvalue weighted by Gasteiger charge is -2.02. The highest BCUT2D eigenvalue weighted by Gasteiger charge is 2.06. The summed E-state index contributed by atoms with van der Waals surface area (Å²) in [6.07, 6.45) is 3.66. The van der Waals surface area contributed by atoms with Crippen molar-refractivity contribution in [1.29, 1.82) is 10.5 Å². The summed E-state index contributed by atoms with van der Waals surface area (Å²) in [4.78, 5) is 5.16. The number of hydrogen-bond donors (Lipinski definition) is 1. The predicted molar refractivity (Wildman–Crippen MR) is 84.3 cm³/mol. The lowest BCUT2D eigenvalue weighted by molar-refractivity contribution is 1.22. The van der Waals surface area contributed by atoms with Gasteiger partial charge in [-0.1, -0.05) is 23.2 Å². The number of nitrogens with one attached hydrogen (secondary N) is 1. The van der Waals surface area contributed by atoms with E-state index in [0.717, 1.165) is 10.4 Å². The van der Waals surface area contributed by atoms with Crippen LogP contribution in [-0.4, -0.2) is 4.98 Å². The lowest BCUT2D eigenvalue weighted by atomic mass is 10.1. The molecule has 7 heteroatoms. The van der Waals surface area contributed by atoms with Gasteiger partial charge in [0.05, 0.1) is 0 Å². The van der Waals surface area contributed by atoms with E-state index in [1.54, 1.807) is 30.5 Å². The highest BCUT2D eigenvalue weighted by atomic mass is 35.5. The number of rotatable bonds is 4. The first kappa shape index (κ1) is 15.3. The normalized spacial score (nSPS) is 9.52. The molecular formula is C14H8Cl2N4S. The van der Waals surface area contributed by atoms with Gasteiger partial charge in [0.25, 0.3) is 0 Å². The van der Waals surface area contributed by atoms with Gasteiger partial charge in [-0.05, 0) is 23.8 Å². The van der Waals surface area contributed by atoms with Crippen LogP contribution < -0.4 is 5.32 Å². The molecule has 1 N–H and O–H groups in total. The maximum atomic E-state index is 8.64. The molecule has 1 heterocycles. The Hall–Kier alpha value is -2.05. The third kappa shape index (κ3) is 4.21. The molecule has 4 nitrogen and oxygen atoms in total. The van der Waals surface area contributed by atoms with Crippen LogP contribution in [0.2, 0.25) is 10.0 Å². The molecule has 0 saturated heterocycles. The smallest absolute Gasteiger partial charge is 0.186 e. The number of benzene rings is 1. The second kappa shape index (κ2) is 7.10. The largest absolute Gasteiger partial charge is 0.336 e. The molecule has 0 spiro atoms. The predicted octanol–water partition coefficient (Wildman–Crippen LogP) is 4.38. The molecule has 0 saturated carbocycles. The molecule has 0 amide bonds. The highest BCUT2D eigenvalue weighted by molar-refractivity contribution is 7.15. The molecule has 2 aromatic rings. The minimum Gasteiger partial charge on any atom is -0.336 e. The molecule has 0 aliphatic carbocycles. The average molecular weight is 335 g/mol. The van der Waals surface area contributed by atoms with Crippen molar-refractivity contribution in [2.45, 2.75) is 6.42 Å². The fourth-order valence-corrected chi connectivity index (χ4v) is 2.73. The van der Waals surface area contributed by atoms with Gasteiger partial charge in [-0.3, -0.25) is 0 Å². The monoisotopic (exact) mass is 334 g/mol. The summed E-state index contributed by atoms with van der Waals surface area (Å²) in [5, 5.41) is 22.0. The van der Waals surface area contributed by atoms with E-state index in [-0.39, 0.29) is 5.57 Å². The first-order valence-electron chi connectivity index (χ1n) is 5.78. The molecule has 21 heavy (non-hydrogen) atoms. The van der Waals surface area contributed by atoms with Crippen LogP contribution in [0.3, 0.4) is 0 Å². The molecule has 0 fully saturated rings. The molecule has 0 aliphatic rings. The minimum absolute atomic E-state index is 0.00960. The zero-order valence-corrected chi connectivity index (χ0v) is 12.9. The number of nitriles is 2. The summed E-state index contributed by atoms with van der Waals surface area (Å²) in [7, 11) is 0. The van der Waals surface area contributed by atoms with Crippen LogP contribution in [0.15, 0.2) is 36.2 Å². The Bertz CT molecular complexity index is 752. The van der Waals surface area contributed by atoms with E-state index in [0.29, 0.717) is 21.6 Å². The van der Waals surface area contributed by atoms with E-state index < -0.39 is 0 Å². The Balaban J connectivity index is 2.11. The van der Waals surface area contributed by atoms with Crippen LogP contribution in [0.25, 0.3) is 0 Å². The Morgan fingerprint density at radius 2 is 2.10 bits per heavy atom. The molecule has 0 aliphatic heterocycles. The molecule has 2 rings (SSSR count). The molecule has 1 aromatic carbocycles. The van der Waals surface area contributed by atoms with Gasteiger partial charge in [0.15, 0.2) is 5.13 Å². The van der Waals surface area contributed by atoms with Gasteiger partial charge in [0, 0.05) is 33.7 Å². The summed E-state index contributed by atoms with van der Waals surface area (Å²) >= 11 is 13.5. The van der Waals surface area contributed by atoms with Crippen molar-refractivity contribution in [3.8, 4) is 12.1 Å². The highest BCUT2D eigenvalue weighted by Crippen LogP contribution is 2.26. The molecule has 1 aromatic heterocycles. The van der Waals surface area contributed by atoms with Crippen molar-refractivity contribution in [1.82, 2.24) is 4.98 Å². The Morgan fingerprint density at radius 1 is 1.33 bits per heavy atom. The van der Waals surface area contributed by atoms with Crippen LogP contribution in [0.1, 0.15) is 10.4 Å². The quantitative estimate of drug-likeness (QED) is 0.842. The average Bonchev–Trinajstić information content (AvgIpc) is 2.92. The summed E-state index contributed by atoms with van der Waals surface area (Å²) in [5.74, 6) is 0. The van der Waals surface area contributed by atoms with Crippen molar-refractivity contribution in [3.05, 3.63) is 56.7 Å². The van der Waals surface area contributed by atoms with Crippen LogP contribution in [0.5, 0.6) is 0 Å². The van der Waals surface area contributed by atoms with Crippen molar-refractivity contribution in [3.63, 3.8) is 0 Å². The van der Waals surface area contributed by atoms with E-state index in [1.165, 1.54) is 17.5 Å². The maximum Gasteiger partial charge on any atom is 0.186 e. The molecule has 0 atom stereocenters. The van der Waals surface area contributed by atoms with E-state index >= 15 is 0 Å². The number of allylic oxidation sites excluding steroid dienone is 1. The van der Waals surface area contributed by atoms with Crippen LogP contribution in [-0.2, 0) is 6.42 Å². The minimum atomic E-state index is -0.00960. The number of thiazole rings is 1. The number of nitrogens with zero attached hydrogens (tertiary/aromatic N) is 3. The van der Waals surface area contributed by atoms with E-state index in [1.807, 2.05) is 6.07 Å². The van der Waals surface area contributed by atoms with E-state index in [9.17, 15) is 0 Å². The Labute approximate surface area is 135 Å². The standard InChI is InChI=1S/C14H8Cl2N4S/c15-11-1-2-13(16)10(3-11)4-12-8-20-14(21-12)19-7-9(5-17)6-18/h1-3,7-8H,4H2,(H,19,20). The van der Waals surface area contributed by atoms with Gasteiger partial charge >= 0.3 is 0 Å². The zero-order chi connectivity index (χ0) is 15.2. The van der Waals surface area contributed by atoms with Crippen molar-refractivity contribution in [2.75, 3.05) is 5.32 Å². The fraction of sp³-hybridized carbons (Fsp3) is 0.0714. The van der Waals surface area contributed by atoms with E-state index in [2.05, 4.69) is 10.3 Å². The van der Waals surface area contributed by atoms with Crippen molar-refractivity contribution in [2.24, 2.45) is 0 Å². The summed E-state index contributed by atoms with van der Waals surface area (Å²) in [6.45, 7) is 0. The van der Waals surface area contributed by atoms with Crippen LogP contribution in [0, 0.1) is 22.7 Å². The van der Waals surface area contributed by atoms with Gasteiger partial charge in [-0.2, -0.15) is 10.5 Å². The Morgan fingerprint density at radius 3 is 2.81 bits per heavy atom. The Kier molecular flexibility index (Phi) is 5.19. The lowest BCUT2D eigenvalue weighted by Crippen LogP contribution is -1.87. The summed E-state index contributed by atoms with van der Waals surface area (Å²) < 4.78 is 0. The van der Waals surface area contributed by atoms with Crippen molar-refractivity contribution < 1.29 is 0 Å². The summed E-state index contributed by atoms with van der Waals surface area (Å²) in [6, 6.07) is 8.85. The van der Waals surface area contributed by atoms with Crippen LogP contribution in [0.4, 0.5) is 5.13 Å².